The van der Waals surface area contributed by atoms with Gasteiger partial charge in [-0.1, -0.05) is 0 Å². The number of H-pyrrole nitrogens is 1. The molecule has 7 nitrogen and oxygen atoms in total. The van der Waals surface area contributed by atoms with Gasteiger partial charge in [-0.2, -0.15) is 10.1 Å². The van der Waals surface area contributed by atoms with E-state index in [4.69, 9.17) is 0 Å². The van der Waals surface area contributed by atoms with Crippen LogP contribution < -0.4 is 10.2 Å². The molecule has 1 fully saturated rings. The second kappa shape index (κ2) is 4.85. The van der Waals surface area contributed by atoms with Gasteiger partial charge in [-0.15, -0.1) is 0 Å². The maximum atomic E-state index is 9.58. The number of aliphatic hydroxyl groups excluding tert-OH is 1. The van der Waals surface area contributed by atoms with Crippen LogP contribution in [0.25, 0.3) is 0 Å². The standard InChI is InChI=1S/C12H16N6O/c1-8-6-11(15-10-2-4-13-17-10)16-12(14-8)18-5-3-9(19)7-18/h2,4,6,9,19H,3,5,7H2,1H3,(H2,13,14,15,16,17)/t9-/m1/s1. The summed E-state index contributed by atoms with van der Waals surface area (Å²) >= 11 is 0. The highest BCUT2D eigenvalue weighted by Gasteiger charge is 2.22. The molecule has 3 heterocycles. The number of nitrogens with one attached hydrogen (secondary N) is 2. The van der Waals surface area contributed by atoms with E-state index >= 15 is 0 Å². The number of aromatic nitrogens is 4. The third-order valence-electron chi connectivity index (χ3n) is 3.05. The Kier molecular flexibility index (Phi) is 3.04. The van der Waals surface area contributed by atoms with Crippen LogP contribution in [-0.2, 0) is 0 Å². The lowest BCUT2D eigenvalue weighted by Gasteiger charge is -2.16. The number of β-amino-alcohol motifs (C(OH)–C–C–N with tert-alkyl or cyclic N) is 1. The molecule has 0 radical (unpaired) electrons. The minimum atomic E-state index is -0.284. The van der Waals surface area contributed by atoms with Crippen molar-refractivity contribution in [3.05, 3.63) is 24.0 Å². The summed E-state index contributed by atoms with van der Waals surface area (Å²) in [4.78, 5) is 10.9. The lowest BCUT2D eigenvalue weighted by atomic mass is 10.3. The van der Waals surface area contributed by atoms with Crippen molar-refractivity contribution in [3.8, 4) is 0 Å². The summed E-state index contributed by atoms with van der Waals surface area (Å²) < 4.78 is 0. The number of nitrogens with zero attached hydrogens (tertiary/aromatic N) is 4. The number of hydrogen-bond donors (Lipinski definition) is 3. The first-order valence-electron chi connectivity index (χ1n) is 6.26. The average Bonchev–Trinajstić information content (AvgIpc) is 3.00. The number of aromatic amines is 1. The second-order valence-electron chi connectivity index (χ2n) is 4.68. The maximum absolute atomic E-state index is 9.58. The first kappa shape index (κ1) is 11.9. The van der Waals surface area contributed by atoms with Crippen LogP contribution in [0.5, 0.6) is 0 Å². The molecule has 0 aromatic carbocycles. The Bertz CT molecular complexity index is 555. The van der Waals surface area contributed by atoms with Crippen molar-refractivity contribution in [3.63, 3.8) is 0 Å². The zero-order valence-corrected chi connectivity index (χ0v) is 10.7. The van der Waals surface area contributed by atoms with Gasteiger partial charge in [0.15, 0.2) is 0 Å². The van der Waals surface area contributed by atoms with Crippen LogP contribution >= 0.6 is 0 Å². The minimum absolute atomic E-state index is 0.284. The largest absolute Gasteiger partial charge is 0.391 e. The van der Waals surface area contributed by atoms with Gasteiger partial charge >= 0.3 is 0 Å². The highest BCUT2D eigenvalue weighted by Crippen LogP contribution is 2.20. The smallest absolute Gasteiger partial charge is 0.227 e. The molecular weight excluding hydrogens is 244 g/mol. The average molecular weight is 260 g/mol. The summed E-state index contributed by atoms with van der Waals surface area (Å²) in [6, 6.07) is 3.70. The summed E-state index contributed by atoms with van der Waals surface area (Å²) in [5, 5.41) is 19.4. The Morgan fingerprint density at radius 3 is 3.05 bits per heavy atom. The van der Waals surface area contributed by atoms with Gasteiger partial charge in [0.1, 0.15) is 11.6 Å². The predicted octanol–water partition coefficient (Wildman–Crippen LogP) is 0.823. The van der Waals surface area contributed by atoms with E-state index in [1.165, 1.54) is 0 Å². The van der Waals surface area contributed by atoms with Gasteiger partial charge in [0.2, 0.25) is 5.95 Å². The molecule has 0 bridgehead atoms. The van der Waals surface area contributed by atoms with E-state index in [2.05, 4.69) is 25.5 Å². The van der Waals surface area contributed by atoms with Crippen molar-refractivity contribution in [1.29, 1.82) is 0 Å². The highest BCUT2D eigenvalue weighted by atomic mass is 16.3. The molecule has 1 aliphatic heterocycles. The van der Waals surface area contributed by atoms with Crippen molar-refractivity contribution in [2.75, 3.05) is 23.3 Å². The molecule has 1 aliphatic rings. The predicted molar refractivity (Wildman–Crippen MR) is 71.5 cm³/mol. The fraction of sp³-hybridized carbons (Fsp3) is 0.417. The first-order valence-corrected chi connectivity index (χ1v) is 6.26. The Balaban J connectivity index is 1.83. The van der Waals surface area contributed by atoms with Gasteiger partial charge in [0.25, 0.3) is 0 Å². The SMILES string of the molecule is Cc1cc(Nc2ccn[nH]2)nc(N2CC[C@@H](O)C2)n1. The molecule has 3 N–H and O–H groups in total. The molecule has 2 aromatic rings. The molecule has 0 amide bonds. The van der Waals surface area contributed by atoms with E-state index in [9.17, 15) is 5.11 Å². The number of anilines is 3. The normalized spacial score (nSPS) is 18.8. The third-order valence-corrected chi connectivity index (χ3v) is 3.05. The van der Waals surface area contributed by atoms with Crippen LogP contribution in [0.15, 0.2) is 18.3 Å². The van der Waals surface area contributed by atoms with Crippen molar-refractivity contribution in [2.45, 2.75) is 19.4 Å². The summed E-state index contributed by atoms with van der Waals surface area (Å²) in [5.74, 6) is 2.15. The molecular formula is C12H16N6O. The Morgan fingerprint density at radius 1 is 1.47 bits per heavy atom. The maximum Gasteiger partial charge on any atom is 0.227 e. The molecule has 3 rings (SSSR count). The summed E-state index contributed by atoms with van der Waals surface area (Å²) in [5.41, 5.74) is 0.883. The topological polar surface area (TPSA) is 90.0 Å². The van der Waals surface area contributed by atoms with E-state index in [1.54, 1.807) is 6.20 Å². The van der Waals surface area contributed by atoms with Crippen LogP contribution in [0.2, 0.25) is 0 Å². The van der Waals surface area contributed by atoms with Gasteiger partial charge in [-0.3, -0.25) is 5.10 Å². The van der Waals surface area contributed by atoms with Crippen molar-refractivity contribution in [1.82, 2.24) is 20.2 Å². The molecule has 100 valence electrons. The van der Waals surface area contributed by atoms with Gasteiger partial charge in [-0.25, -0.2) is 4.98 Å². The zero-order chi connectivity index (χ0) is 13.2. The lowest BCUT2D eigenvalue weighted by molar-refractivity contribution is 0.198. The molecule has 19 heavy (non-hydrogen) atoms. The van der Waals surface area contributed by atoms with Crippen LogP contribution in [0, 0.1) is 6.92 Å². The fourth-order valence-electron chi connectivity index (χ4n) is 2.15. The summed E-state index contributed by atoms with van der Waals surface area (Å²) in [7, 11) is 0. The van der Waals surface area contributed by atoms with Gasteiger partial charge in [0.05, 0.1) is 12.3 Å². The zero-order valence-electron chi connectivity index (χ0n) is 10.7. The fourth-order valence-corrected chi connectivity index (χ4v) is 2.15. The van der Waals surface area contributed by atoms with Crippen molar-refractivity contribution >= 4 is 17.6 Å². The van der Waals surface area contributed by atoms with E-state index in [0.29, 0.717) is 18.3 Å². The lowest BCUT2D eigenvalue weighted by Crippen LogP contribution is -2.23. The molecule has 0 unspecified atom stereocenters. The monoisotopic (exact) mass is 260 g/mol. The molecule has 0 aliphatic carbocycles. The van der Waals surface area contributed by atoms with Gasteiger partial charge < -0.3 is 15.3 Å². The van der Waals surface area contributed by atoms with Crippen LogP contribution in [-0.4, -0.2) is 44.5 Å². The van der Waals surface area contributed by atoms with E-state index in [1.807, 2.05) is 24.0 Å². The van der Waals surface area contributed by atoms with E-state index < -0.39 is 0 Å². The quantitative estimate of drug-likeness (QED) is 0.757. The van der Waals surface area contributed by atoms with Crippen molar-refractivity contribution in [2.24, 2.45) is 0 Å². The highest BCUT2D eigenvalue weighted by molar-refractivity contribution is 5.53. The molecule has 2 aromatic heterocycles. The van der Waals surface area contributed by atoms with Gasteiger partial charge in [0, 0.05) is 30.9 Å². The summed E-state index contributed by atoms with van der Waals surface area (Å²) in [6.45, 7) is 3.30. The number of aliphatic hydroxyl groups is 1. The van der Waals surface area contributed by atoms with E-state index in [0.717, 1.165) is 24.5 Å². The van der Waals surface area contributed by atoms with Crippen LogP contribution in [0.4, 0.5) is 17.6 Å². The molecule has 1 atom stereocenters. The summed E-state index contributed by atoms with van der Waals surface area (Å²) in [6.07, 6.45) is 2.16. The molecule has 0 saturated carbocycles. The second-order valence-corrected chi connectivity index (χ2v) is 4.68. The minimum Gasteiger partial charge on any atom is -0.391 e. The number of rotatable bonds is 3. The molecule has 0 spiro atoms. The number of hydrogen-bond acceptors (Lipinski definition) is 6. The molecule has 1 saturated heterocycles. The first-order chi connectivity index (χ1) is 9.20. The molecule has 7 heteroatoms. The van der Waals surface area contributed by atoms with Crippen LogP contribution in [0.1, 0.15) is 12.1 Å². The van der Waals surface area contributed by atoms with E-state index in [-0.39, 0.29) is 6.10 Å². The van der Waals surface area contributed by atoms with Gasteiger partial charge in [-0.05, 0) is 13.3 Å². The van der Waals surface area contributed by atoms with Crippen molar-refractivity contribution < 1.29 is 5.11 Å². The third kappa shape index (κ3) is 2.65. The Morgan fingerprint density at radius 2 is 2.37 bits per heavy atom. The Labute approximate surface area is 110 Å². The van der Waals surface area contributed by atoms with Crippen LogP contribution in [0.3, 0.4) is 0 Å². The Hall–Kier alpha value is -2.15. The number of aryl methyl sites for hydroxylation is 1.